The van der Waals surface area contributed by atoms with E-state index < -0.39 is 0 Å². The average molecular weight is 282 g/mol. The van der Waals surface area contributed by atoms with Crippen LogP contribution in [0.5, 0.6) is 0 Å². The Morgan fingerprint density at radius 3 is 2.67 bits per heavy atom. The summed E-state index contributed by atoms with van der Waals surface area (Å²) >= 11 is 0. The Balaban J connectivity index is 1.53. The first-order valence-corrected chi connectivity index (χ1v) is 7.05. The molecule has 0 radical (unpaired) electrons. The first kappa shape index (κ1) is 13.7. The van der Waals surface area contributed by atoms with Gasteiger partial charge >= 0.3 is 0 Å². The normalized spacial score (nSPS) is 21.1. The molecule has 1 aliphatic rings. The Kier molecular flexibility index (Phi) is 4.23. The molecule has 0 bridgehead atoms. The third-order valence-corrected chi connectivity index (χ3v) is 3.64. The molecule has 5 nitrogen and oxygen atoms in total. The lowest BCUT2D eigenvalue weighted by Gasteiger charge is -2.10. The van der Waals surface area contributed by atoms with Crippen LogP contribution in [0.2, 0.25) is 0 Å². The zero-order valence-corrected chi connectivity index (χ0v) is 11.6. The van der Waals surface area contributed by atoms with Crippen LogP contribution in [0.25, 0.3) is 0 Å². The molecule has 1 saturated heterocycles. The van der Waals surface area contributed by atoms with E-state index in [1.165, 1.54) is 5.56 Å². The molecule has 2 unspecified atom stereocenters. The molecule has 3 N–H and O–H groups in total. The topological polar surface area (TPSA) is 66.0 Å². The van der Waals surface area contributed by atoms with Crippen molar-refractivity contribution in [2.24, 2.45) is 0 Å². The van der Waals surface area contributed by atoms with E-state index in [0.29, 0.717) is 6.54 Å². The monoisotopic (exact) mass is 282 g/mol. The average Bonchev–Trinajstić information content (AvgIpc) is 3.04. The fraction of sp³-hybridized carbons (Fsp3) is 0.250. The van der Waals surface area contributed by atoms with E-state index >= 15 is 0 Å². The van der Waals surface area contributed by atoms with Crippen molar-refractivity contribution >= 4 is 5.91 Å². The minimum absolute atomic E-state index is 0.0118. The van der Waals surface area contributed by atoms with E-state index in [1.807, 2.05) is 30.3 Å². The summed E-state index contributed by atoms with van der Waals surface area (Å²) in [6, 6.07) is 13.9. The molecule has 1 fully saturated rings. The molecule has 108 valence electrons. The number of pyridine rings is 1. The molecule has 0 aliphatic carbocycles. The Morgan fingerprint density at radius 1 is 1.14 bits per heavy atom. The Labute approximate surface area is 123 Å². The molecule has 2 heterocycles. The molecule has 0 saturated carbocycles. The minimum Gasteiger partial charge on any atom is -0.351 e. The van der Waals surface area contributed by atoms with Gasteiger partial charge in [-0.3, -0.25) is 9.78 Å². The van der Waals surface area contributed by atoms with Gasteiger partial charge in [0.05, 0.1) is 0 Å². The van der Waals surface area contributed by atoms with Crippen molar-refractivity contribution in [3.63, 3.8) is 0 Å². The number of carbonyl (C=O) groups is 1. The molecule has 0 spiro atoms. The van der Waals surface area contributed by atoms with E-state index in [1.54, 1.807) is 12.4 Å². The van der Waals surface area contributed by atoms with Crippen LogP contribution < -0.4 is 16.2 Å². The summed E-state index contributed by atoms with van der Waals surface area (Å²) in [5, 5.41) is 2.94. The number of rotatable bonds is 4. The largest absolute Gasteiger partial charge is 0.351 e. The van der Waals surface area contributed by atoms with E-state index in [2.05, 4.69) is 33.3 Å². The number of hydrogen-bond acceptors (Lipinski definition) is 4. The van der Waals surface area contributed by atoms with E-state index in [9.17, 15) is 4.79 Å². The molecule has 2 aromatic rings. The SMILES string of the molecule is O=C(NCc1ccncc1)C1CC(c2ccccc2)NN1. The van der Waals surface area contributed by atoms with Gasteiger partial charge in [-0.25, -0.2) is 10.9 Å². The molecule has 5 heteroatoms. The van der Waals surface area contributed by atoms with E-state index in [0.717, 1.165) is 12.0 Å². The predicted octanol–water partition coefficient (Wildman–Crippen LogP) is 1.31. The number of nitrogens with zero attached hydrogens (tertiary/aromatic N) is 1. The Hall–Kier alpha value is -2.24. The summed E-state index contributed by atoms with van der Waals surface area (Å²) in [5.41, 5.74) is 8.48. The molecule has 1 aromatic heterocycles. The zero-order chi connectivity index (χ0) is 14.5. The highest BCUT2D eigenvalue weighted by atomic mass is 16.2. The minimum atomic E-state index is -0.211. The van der Waals surface area contributed by atoms with E-state index in [-0.39, 0.29) is 18.0 Å². The maximum Gasteiger partial charge on any atom is 0.238 e. The van der Waals surface area contributed by atoms with Crippen LogP contribution in [0.4, 0.5) is 0 Å². The van der Waals surface area contributed by atoms with Gasteiger partial charge < -0.3 is 5.32 Å². The maximum absolute atomic E-state index is 12.2. The van der Waals surface area contributed by atoms with Crippen LogP contribution in [0.15, 0.2) is 54.9 Å². The smallest absolute Gasteiger partial charge is 0.238 e. The molecule has 3 rings (SSSR count). The quantitative estimate of drug-likeness (QED) is 0.791. The number of carbonyl (C=O) groups excluding carboxylic acids is 1. The van der Waals surface area contributed by atoms with Crippen LogP contribution in [-0.2, 0) is 11.3 Å². The van der Waals surface area contributed by atoms with Crippen LogP contribution >= 0.6 is 0 Å². The highest BCUT2D eigenvalue weighted by Crippen LogP contribution is 2.21. The van der Waals surface area contributed by atoms with Gasteiger partial charge in [0.1, 0.15) is 6.04 Å². The lowest BCUT2D eigenvalue weighted by molar-refractivity contribution is -0.123. The van der Waals surface area contributed by atoms with Gasteiger partial charge in [0.15, 0.2) is 0 Å². The van der Waals surface area contributed by atoms with Gasteiger partial charge in [0.25, 0.3) is 0 Å². The van der Waals surface area contributed by atoms with E-state index in [4.69, 9.17) is 0 Å². The van der Waals surface area contributed by atoms with Crippen molar-refractivity contribution in [3.8, 4) is 0 Å². The fourth-order valence-corrected chi connectivity index (χ4v) is 2.45. The van der Waals surface area contributed by atoms with Gasteiger partial charge in [-0.15, -0.1) is 0 Å². The van der Waals surface area contributed by atoms with Crippen LogP contribution in [0, 0.1) is 0 Å². The number of nitrogens with one attached hydrogen (secondary N) is 3. The van der Waals surface area contributed by atoms with Crippen molar-refractivity contribution in [2.75, 3.05) is 0 Å². The van der Waals surface area contributed by atoms with Crippen molar-refractivity contribution < 1.29 is 4.79 Å². The van der Waals surface area contributed by atoms with Gasteiger partial charge in [-0.05, 0) is 29.7 Å². The number of aromatic nitrogens is 1. The van der Waals surface area contributed by atoms with Crippen molar-refractivity contribution in [1.29, 1.82) is 0 Å². The highest BCUT2D eigenvalue weighted by Gasteiger charge is 2.29. The lowest BCUT2D eigenvalue weighted by Crippen LogP contribution is -2.42. The second-order valence-electron chi connectivity index (χ2n) is 5.11. The summed E-state index contributed by atoms with van der Waals surface area (Å²) < 4.78 is 0. The van der Waals surface area contributed by atoms with Gasteiger partial charge in [0.2, 0.25) is 5.91 Å². The summed E-state index contributed by atoms with van der Waals surface area (Å²) in [5.74, 6) is 0.0118. The molecular formula is C16H18N4O. The number of hydrazine groups is 1. The third kappa shape index (κ3) is 3.45. The van der Waals surface area contributed by atoms with Crippen molar-refractivity contribution in [3.05, 3.63) is 66.0 Å². The van der Waals surface area contributed by atoms with Crippen molar-refractivity contribution in [2.45, 2.75) is 25.0 Å². The maximum atomic E-state index is 12.2. The molecule has 21 heavy (non-hydrogen) atoms. The number of amides is 1. The van der Waals surface area contributed by atoms with Crippen LogP contribution in [0.1, 0.15) is 23.6 Å². The molecule has 1 amide bonds. The fourth-order valence-electron chi connectivity index (χ4n) is 2.45. The Bertz CT molecular complexity index is 588. The Morgan fingerprint density at radius 2 is 1.90 bits per heavy atom. The first-order chi connectivity index (χ1) is 10.3. The number of benzene rings is 1. The summed E-state index contributed by atoms with van der Waals surface area (Å²) in [6.45, 7) is 0.523. The standard InChI is InChI=1S/C16H18N4O/c21-16(18-11-12-6-8-17-9-7-12)15-10-14(19-20-15)13-4-2-1-3-5-13/h1-9,14-15,19-20H,10-11H2,(H,18,21). The zero-order valence-electron chi connectivity index (χ0n) is 11.6. The van der Waals surface area contributed by atoms with Gasteiger partial charge in [-0.2, -0.15) is 0 Å². The molecule has 1 aromatic carbocycles. The van der Waals surface area contributed by atoms with Crippen molar-refractivity contribution in [1.82, 2.24) is 21.2 Å². The molecule has 2 atom stereocenters. The highest BCUT2D eigenvalue weighted by molar-refractivity contribution is 5.82. The number of hydrogen-bond donors (Lipinski definition) is 3. The third-order valence-electron chi connectivity index (χ3n) is 3.64. The first-order valence-electron chi connectivity index (χ1n) is 7.05. The van der Waals surface area contributed by atoms with Crippen LogP contribution in [-0.4, -0.2) is 16.9 Å². The summed E-state index contributed by atoms with van der Waals surface area (Å²) in [4.78, 5) is 16.1. The molecule has 1 aliphatic heterocycles. The summed E-state index contributed by atoms with van der Waals surface area (Å²) in [7, 11) is 0. The molecular weight excluding hydrogens is 264 g/mol. The second kappa shape index (κ2) is 6.47. The van der Waals surface area contributed by atoms with Gasteiger partial charge in [0, 0.05) is 25.0 Å². The summed E-state index contributed by atoms with van der Waals surface area (Å²) in [6.07, 6.45) is 4.19. The predicted molar refractivity (Wildman–Crippen MR) is 79.9 cm³/mol. The lowest BCUT2D eigenvalue weighted by atomic mass is 10.0. The van der Waals surface area contributed by atoms with Gasteiger partial charge in [-0.1, -0.05) is 30.3 Å². The second-order valence-corrected chi connectivity index (χ2v) is 5.11. The van der Waals surface area contributed by atoms with Crippen LogP contribution in [0.3, 0.4) is 0 Å².